The third kappa shape index (κ3) is 13.9. The Morgan fingerprint density at radius 3 is 1.47 bits per heavy atom. The number of nitrogens with one attached hydrogen (secondary N) is 1. The molecule has 6 rings (SSSR count). The van der Waals surface area contributed by atoms with Crippen LogP contribution in [0.3, 0.4) is 0 Å². The molecule has 4 aromatic rings. The average molecular weight is 729 g/mol. The molecule has 0 aliphatic carbocycles. The Hall–Kier alpha value is -5.46. The third-order valence-electron chi connectivity index (χ3n) is 8.39. The van der Waals surface area contributed by atoms with Crippen molar-refractivity contribution in [1.29, 1.82) is 0 Å². The number of benzene rings is 4. The molecule has 2 aliphatic heterocycles. The highest BCUT2D eigenvalue weighted by molar-refractivity contribution is 5.94. The summed E-state index contributed by atoms with van der Waals surface area (Å²) in [6.45, 7) is 4.83. The number of aromatic carboxylic acids is 1. The van der Waals surface area contributed by atoms with E-state index in [2.05, 4.69) is 29.0 Å². The summed E-state index contributed by atoms with van der Waals surface area (Å²) in [4.78, 5) is 22.8. The van der Waals surface area contributed by atoms with Crippen LogP contribution in [0.4, 0.5) is 17.6 Å². The van der Waals surface area contributed by atoms with E-state index in [0.29, 0.717) is 29.2 Å². The number of halogens is 4. The smallest absolute Gasteiger partial charge is 0.335 e. The third-order valence-corrected chi connectivity index (χ3v) is 8.39. The lowest BCUT2D eigenvalue weighted by atomic mass is 10.0. The minimum atomic E-state index is -1.02. The molecule has 2 saturated heterocycles. The predicted octanol–water partition coefficient (Wildman–Crippen LogP) is 6.96. The van der Waals surface area contributed by atoms with Crippen LogP contribution in [0.1, 0.15) is 68.7 Å². The number of carbonyl (C=O) groups excluding carboxylic acids is 1. The quantitative estimate of drug-likeness (QED) is 0.152. The highest BCUT2D eigenvalue weighted by Gasteiger charge is 2.15. The van der Waals surface area contributed by atoms with Crippen LogP contribution in [-0.4, -0.2) is 56.5 Å². The second-order valence-corrected chi connectivity index (χ2v) is 12.3. The molecular weight excluding hydrogens is 688 g/mol. The Labute approximate surface area is 306 Å². The Bertz CT molecular complexity index is 1940. The number of carboxylic acid groups (broad SMARTS) is 1. The van der Waals surface area contributed by atoms with Gasteiger partial charge in [0.15, 0.2) is 0 Å². The number of ether oxygens (including phenoxy) is 2. The topological polar surface area (TPSA) is 111 Å². The molecule has 1 amide bonds. The van der Waals surface area contributed by atoms with Crippen LogP contribution < -0.4 is 11.1 Å². The fraction of sp³-hybridized carbons (Fsp3) is 0.286. The molecule has 0 atom stereocenters. The number of rotatable bonds is 5. The number of carboxylic acids is 1. The van der Waals surface area contributed by atoms with Gasteiger partial charge in [0.05, 0.1) is 16.7 Å². The maximum atomic E-state index is 13.6. The largest absolute Gasteiger partial charge is 0.478 e. The minimum absolute atomic E-state index is 0.0868. The van der Waals surface area contributed by atoms with E-state index in [-0.39, 0.29) is 22.6 Å². The zero-order valence-electron chi connectivity index (χ0n) is 29.0. The van der Waals surface area contributed by atoms with E-state index >= 15 is 0 Å². The van der Waals surface area contributed by atoms with E-state index in [0.717, 1.165) is 82.8 Å². The van der Waals surface area contributed by atoms with Crippen molar-refractivity contribution in [2.45, 2.75) is 25.7 Å². The van der Waals surface area contributed by atoms with Crippen LogP contribution >= 0.6 is 0 Å². The van der Waals surface area contributed by atoms with Crippen molar-refractivity contribution in [1.82, 2.24) is 5.32 Å². The SMILES string of the molecule is NCC1CCOCC1.O=C(NCC1CCOCC1)c1ccc(C#Cc2ccc(F)cc2F)cc1.O=C(O)c1ccc(C#Cc2ccc(F)cc2F)cc1. The van der Waals surface area contributed by atoms with E-state index in [1.165, 1.54) is 42.5 Å². The fourth-order valence-corrected chi connectivity index (χ4v) is 5.13. The van der Waals surface area contributed by atoms with Gasteiger partial charge in [0.25, 0.3) is 5.91 Å². The zero-order valence-corrected chi connectivity index (χ0v) is 29.0. The molecule has 0 unspecified atom stereocenters. The molecule has 0 bridgehead atoms. The first-order valence-corrected chi connectivity index (χ1v) is 17.1. The van der Waals surface area contributed by atoms with Gasteiger partial charge >= 0.3 is 5.97 Å². The van der Waals surface area contributed by atoms with Gasteiger partial charge in [0.1, 0.15) is 23.3 Å². The van der Waals surface area contributed by atoms with Crippen molar-refractivity contribution < 1.29 is 41.7 Å². The van der Waals surface area contributed by atoms with Gasteiger partial charge in [-0.15, -0.1) is 0 Å². The lowest BCUT2D eigenvalue weighted by Crippen LogP contribution is -2.32. The van der Waals surface area contributed by atoms with Gasteiger partial charge in [-0.3, -0.25) is 4.79 Å². The molecule has 53 heavy (non-hydrogen) atoms. The standard InChI is InChI=1S/C21H19F2NO2.C15H8F2O2.C6H13NO/c22-19-8-7-17(20(23)13-19)4-1-15-2-5-18(6-3-15)21(25)24-14-16-9-11-26-12-10-16;16-13-8-7-11(14(17)9-13)4-1-10-2-5-12(6-3-10)15(18)19;7-5-6-1-3-8-4-2-6/h2-3,5-8,13,16H,9-12,14H2,(H,24,25);2-3,5-9H,(H,18,19);6H,1-5,7H2. The predicted molar refractivity (Wildman–Crippen MR) is 193 cm³/mol. The van der Waals surface area contributed by atoms with Gasteiger partial charge in [0, 0.05) is 61.8 Å². The summed E-state index contributed by atoms with van der Waals surface area (Å²) in [6, 6.07) is 19.1. The van der Waals surface area contributed by atoms with Gasteiger partial charge in [-0.05, 0) is 117 Å². The second-order valence-electron chi connectivity index (χ2n) is 12.3. The Morgan fingerprint density at radius 1 is 0.642 bits per heavy atom. The van der Waals surface area contributed by atoms with Crippen molar-refractivity contribution in [3.63, 3.8) is 0 Å². The van der Waals surface area contributed by atoms with E-state index in [9.17, 15) is 27.2 Å². The maximum absolute atomic E-state index is 13.6. The van der Waals surface area contributed by atoms with Crippen LogP contribution in [-0.2, 0) is 9.47 Å². The molecule has 0 radical (unpaired) electrons. The summed E-state index contributed by atoms with van der Waals surface area (Å²) in [7, 11) is 0. The summed E-state index contributed by atoms with van der Waals surface area (Å²) in [6.07, 6.45) is 4.26. The first-order valence-electron chi connectivity index (χ1n) is 17.1. The van der Waals surface area contributed by atoms with Crippen molar-refractivity contribution in [3.05, 3.63) is 142 Å². The fourth-order valence-electron chi connectivity index (χ4n) is 5.13. The molecule has 276 valence electrons. The first-order chi connectivity index (χ1) is 25.6. The van der Waals surface area contributed by atoms with E-state index < -0.39 is 29.2 Å². The molecule has 0 spiro atoms. The van der Waals surface area contributed by atoms with Crippen molar-refractivity contribution in [2.24, 2.45) is 17.6 Å². The van der Waals surface area contributed by atoms with Gasteiger partial charge in [-0.2, -0.15) is 0 Å². The molecule has 7 nitrogen and oxygen atoms in total. The minimum Gasteiger partial charge on any atom is -0.478 e. The Balaban J connectivity index is 0.000000202. The molecule has 4 N–H and O–H groups in total. The molecule has 2 heterocycles. The molecule has 0 aromatic heterocycles. The van der Waals surface area contributed by atoms with E-state index in [4.69, 9.17) is 20.3 Å². The molecule has 2 aliphatic rings. The van der Waals surface area contributed by atoms with E-state index in [1.54, 1.807) is 24.3 Å². The van der Waals surface area contributed by atoms with E-state index in [1.807, 2.05) is 0 Å². The second kappa shape index (κ2) is 21.2. The molecule has 11 heteroatoms. The molecule has 0 saturated carbocycles. The molecule has 4 aromatic carbocycles. The molecular formula is C42H40F4N2O5. The summed E-state index contributed by atoms with van der Waals surface area (Å²) >= 11 is 0. The van der Waals surface area contributed by atoms with Gasteiger partial charge in [-0.25, -0.2) is 22.4 Å². The van der Waals surface area contributed by atoms with Crippen LogP contribution in [0.5, 0.6) is 0 Å². The number of hydrogen-bond donors (Lipinski definition) is 3. The van der Waals surface area contributed by atoms with Gasteiger partial charge < -0.3 is 25.6 Å². The summed E-state index contributed by atoms with van der Waals surface area (Å²) < 4.78 is 62.9. The number of hydrogen-bond acceptors (Lipinski definition) is 5. The monoisotopic (exact) mass is 728 g/mol. The van der Waals surface area contributed by atoms with Crippen LogP contribution in [0.2, 0.25) is 0 Å². The van der Waals surface area contributed by atoms with Crippen molar-refractivity contribution in [3.8, 4) is 23.7 Å². The number of amides is 1. The summed E-state index contributed by atoms with van der Waals surface area (Å²) in [5.41, 5.74) is 7.56. The lowest BCUT2D eigenvalue weighted by Gasteiger charge is -2.22. The van der Waals surface area contributed by atoms with Crippen molar-refractivity contribution >= 4 is 11.9 Å². The molecule has 2 fully saturated rings. The van der Waals surface area contributed by atoms with Crippen molar-refractivity contribution in [2.75, 3.05) is 39.5 Å². The van der Waals surface area contributed by atoms with Crippen LogP contribution in [0.15, 0.2) is 84.9 Å². The maximum Gasteiger partial charge on any atom is 0.335 e. The first kappa shape index (κ1) is 40.3. The lowest BCUT2D eigenvalue weighted by molar-refractivity contribution is 0.0642. The number of nitrogens with two attached hydrogens (primary N) is 1. The Kier molecular flexibility index (Phi) is 16.1. The number of carbonyl (C=O) groups is 2. The van der Waals surface area contributed by atoms with Crippen LogP contribution in [0.25, 0.3) is 0 Å². The van der Waals surface area contributed by atoms with Crippen LogP contribution in [0, 0.1) is 58.8 Å². The summed E-state index contributed by atoms with van der Waals surface area (Å²) in [5, 5.41) is 11.7. The zero-order chi connectivity index (χ0) is 38.0. The Morgan fingerprint density at radius 2 is 1.08 bits per heavy atom. The summed E-state index contributed by atoms with van der Waals surface area (Å²) in [5.74, 6) is 8.07. The average Bonchev–Trinajstić information content (AvgIpc) is 3.18. The van der Waals surface area contributed by atoms with Gasteiger partial charge in [0.2, 0.25) is 0 Å². The normalized spacial score (nSPS) is 14.1. The highest BCUT2D eigenvalue weighted by atomic mass is 19.1. The van der Waals surface area contributed by atoms with Gasteiger partial charge in [-0.1, -0.05) is 23.7 Å². The highest BCUT2D eigenvalue weighted by Crippen LogP contribution is 2.15.